The zero-order valence-corrected chi connectivity index (χ0v) is 15.0. The first-order chi connectivity index (χ1) is 12.6. The Labute approximate surface area is 152 Å². The Morgan fingerprint density at radius 3 is 2.73 bits per heavy atom. The van der Waals surface area contributed by atoms with Gasteiger partial charge in [0.15, 0.2) is 0 Å². The fourth-order valence-corrected chi connectivity index (χ4v) is 3.32. The summed E-state index contributed by atoms with van der Waals surface area (Å²) < 4.78 is 7.82. The lowest BCUT2D eigenvalue weighted by Gasteiger charge is -2.27. The molecule has 1 aliphatic rings. The summed E-state index contributed by atoms with van der Waals surface area (Å²) in [6, 6.07) is 13.5. The fraction of sp³-hybridized carbons (Fsp3) is 0.300. The Balaban J connectivity index is 1.63. The van der Waals surface area contributed by atoms with Crippen molar-refractivity contribution < 1.29 is 9.53 Å². The van der Waals surface area contributed by atoms with E-state index in [2.05, 4.69) is 10.3 Å². The van der Waals surface area contributed by atoms with Gasteiger partial charge in [0.25, 0.3) is 5.91 Å². The van der Waals surface area contributed by atoms with Crippen molar-refractivity contribution in [3.8, 4) is 11.6 Å². The third-order valence-corrected chi connectivity index (χ3v) is 4.72. The number of hydrogen-bond donors (Lipinski definition) is 1. The van der Waals surface area contributed by atoms with Gasteiger partial charge in [0, 0.05) is 55.9 Å². The van der Waals surface area contributed by atoms with Crippen molar-refractivity contribution in [2.45, 2.75) is 6.92 Å². The smallest absolute Gasteiger partial charge is 0.270 e. The SMILES string of the molecule is Cc1cccc(Oc2ccc3c(c2)cc(C(=O)N2CCNCC2)n3C)n1. The summed E-state index contributed by atoms with van der Waals surface area (Å²) in [7, 11) is 1.93. The highest BCUT2D eigenvalue weighted by atomic mass is 16.5. The predicted molar refractivity (Wildman–Crippen MR) is 101 cm³/mol. The number of ether oxygens (including phenoxy) is 1. The van der Waals surface area contributed by atoms with E-state index in [1.54, 1.807) is 0 Å². The molecule has 6 nitrogen and oxygen atoms in total. The largest absolute Gasteiger partial charge is 0.439 e. The van der Waals surface area contributed by atoms with Gasteiger partial charge in [-0.05, 0) is 37.3 Å². The van der Waals surface area contributed by atoms with Crippen LogP contribution in [0.1, 0.15) is 16.2 Å². The van der Waals surface area contributed by atoms with Crippen molar-refractivity contribution in [3.63, 3.8) is 0 Å². The average molecular weight is 350 g/mol. The van der Waals surface area contributed by atoms with Gasteiger partial charge in [-0.2, -0.15) is 0 Å². The molecule has 0 atom stereocenters. The van der Waals surface area contributed by atoms with E-state index in [-0.39, 0.29) is 5.91 Å². The minimum atomic E-state index is 0.0769. The van der Waals surface area contributed by atoms with Gasteiger partial charge in [0.2, 0.25) is 5.88 Å². The lowest BCUT2D eigenvalue weighted by Crippen LogP contribution is -2.46. The first-order valence-electron chi connectivity index (χ1n) is 8.83. The normalized spacial score (nSPS) is 14.6. The van der Waals surface area contributed by atoms with E-state index in [1.165, 1.54) is 0 Å². The minimum Gasteiger partial charge on any atom is -0.439 e. The third-order valence-electron chi connectivity index (χ3n) is 4.72. The van der Waals surface area contributed by atoms with Gasteiger partial charge in [-0.1, -0.05) is 6.07 Å². The van der Waals surface area contributed by atoms with Gasteiger partial charge in [0.1, 0.15) is 11.4 Å². The standard InChI is InChI=1S/C20H22N4O2/c1-14-4-3-5-19(22-14)26-16-6-7-17-15(12-16)13-18(23(17)2)20(25)24-10-8-21-9-11-24/h3-7,12-13,21H,8-11H2,1-2H3. The predicted octanol–water partition coefficient (Wildman–Crippen LogP) is 2.72. The summed E-state index contributed by atoms with van der Waals surface area (Å²) in [5.41, 5.74) is 2.62. The van der Waals surface area contributed by atoms with Crippen molar-refractivity contribution in [1.29, 1.82) is 0 Å². The number of rotatable bonds is 3. The number of pyridine rings is 1. The maximum absolute atomic E-state index is 12.8. The van der Waals surface area contributed by atoms with Crippen LogP contribution < -0.4 is 10.1 Å². The van der Waals surface area contributed by atoms with Crippen molar-refractivity contribution in [1.82, 2.24) is 19.8 Å². The van der Waals surface area contributed by atoms with E-state index in [1.807, 2.05) is 65.9 Å². The Bertz CT molecular complexity index is 958. The Morgan fingerprint density at radius 1 is 1.15 bits per heavy atom. The zero-order valence-electron chi connectivity index (χ0n) is 15.0. The van der Waals surface area contributed by atoms with Crippen LogP contribution in [0.3, 0.4) is 0 Å². The zero-order chi connectivity index (χ0) is 18.1. The molecule has 0 saturated carbocycles. The molecule has 1 N–H and O–H groups in total. The summed E-state index contributed by atoms with van der Waals surface area (Å²) in [5.74, 6) is 1.35. The van der Waals surface area contributed by atoms with Crippen LogP contribution in [0.5, 0.6) is 11.6 Å². The second-order valence-electron chi connectivity index (χ2n) is 6.57. The van der Waals surface area contributed by atoms with Gasteiger partial charge < -0.3 is 19.5 Å². The molecule has 0 aliphatic carbocycles. The maximum Gasteiger partial charge on any atom is 0.270 e. The number of hydrogen-bond acceptors (Lipinski definition) is 4. The number of piperazine rings is 1. The number of carbonyl (C=O) groups is 1. The lowest BCUT2D eigenvalue weighted by atomic mass is 10.2. The van der Waals surface area contributed by atoms with Crippen LogP contribution >= 0.6 is 0 Å². The molecule has 0 bridgehead atoms. The molecule has 0 radical (unpaired) electrons. The van der Waals surface area contributed by atoms with E-state index in [0.29, 0.717) is 17.3 Å². The molecular weight excluding hydrogens is 328 g/mol. The summed E-state index contributed by atoms with van der Waals surface area (Å²) in [5, 5.41) is 4.26. The van der Waals surface area contributed by atoms with E-state index < -0.39 is 0 Å². The molecule has 1 aromatic carbocycles. The van der Waals surface area contributed by atoms with Gasteiger partial charge in [-0.3, -0.25) is 4.79 Å². The highest BCUT2D eigenvalue weighted by molar-refractivity contribution is 5.99. The van der Waals surface area contributed by atoms with Crippen LogP contribution in [0.4, 0.5) is 0 Å². The molecule has 4 rings (SSSR count). The molecular formula is C20H22N4O2. The van der Waals surface area contributed by atoms with Crippen molar-refractivity contribution in [2.75, 3.05) is 26.2 Å². The first kappa shape index (κ1) is 16.6. The molecule has 1 saturated heterocycles. The Morgan fingerprint density at radius 2 is 1.96 bits per heavy atom. The van der Waals surface area contributed by atoms with E-state index in [9.17, 15) is 4.79 Å². The topological polar surface area (TPSA) is 59.4 Å². The monoisotopic (exact) mass is 350 g/mol. The van der Waals surface area contributed by atoms with Gasteiger partial charge in [-0.25, -0.2) is 4.98 Å². The van der Waals surface area contributed by atoms with Gasteiger partial charge >= 0.3 is 0 Å². The summed E-state index contributed by atoms with van der Waals surface area (Å²) in [6.45, 7) is 5.11. The van der Waals surface area contributed by atoms with Crippen LogP contribution in [0, 0.1) is 6.92 Å². The molecule has 26 heavy (non-hydrogen) atoms. The summed E-state index contributed by atoms with van der Waals surface area (Å²) >= 11 is 0. The highest BCUT2D eigenvalue weighted by Crippen LogP contribution is 2.27. The molecule has 134 valence electrons. The molecule has 1 fully saturated rings. The van der Waals surface area contributed by atoms with E-state index >= 15 is 0 Å². The Kier molecular flexibility index (Phi) is 4.34. The van der Waals surface area contributed by atoms with Crippen LogP contribution in [0.25, 0.3) is 10.9 Å². The van der Waals surface area contributed by atoms with Crippen molar-refractivity contribution in [3.05, 3.63) is 53.9 Å². The number of nitrogens with one attached hydrogen (secondary N) is 1. The second kappa shape index (κ2) is 6.80. The maximum atomic E-state index is 12.8. The number of nitrogens with zero attached hydrogens (tertiary/aromatic N) is 3. The molecule has 6 heteroatoms. The summed E-state index contributed by atoms with van der Waals surface area (Å²) in [4.78, 5) is 19.1. The van der Waals surface area contributed by atoms with E-state index in [0.717, 1.165) is 42.8 Å². The van der Waals surface area contributed by atoms with Crippen LogP contribution in [-0.2, 0) is 7.05 Å². The molecule has 3 aromatic rings. The lowest BCUT2D eigenvalue weighted by molar-refractivity contribution is 0.0726. The van der Waals surface area contributed by atoms with Crippen molar-refractivity contribution >= 4 is 16.8 Å². The molecule has 1 amide bonds. The highest BCUT2D eigenvalue weighted by Gasteiger charge is 2.21. The minimum absolute atomic E-state index is 0.0769. The molecule has 2 aromatic heterocycles. The average Bonchev–Trinajstić information content (AvgIpc) is 2.98. The molecule has 0 unspecified atom stereocenters. The van der Waals surface area contributed by atoms with Crippen LogP contribution in [0.2, 0.25) is 0 Å². The number of aryl methyl sites for hydroxylation is 2. The number of carbonyl (C=O) groups excluding carboxylic acids is 1. The molecule has 3 heterocycles. The Hall–Kier alpha value is -2.86. The van der Waals surface area contributed by atoms with Crippen LogP contribution in [-0.4, -0.2) is 46.5 Å². The van der Waals surface area contributed by atoms with Crippen LogP contribution in [0.15, 0.2) is 42.5 Å². The quantitative estimate of drug-likeness (QED) is 0.789. The van der Waals surface area contributed by atoms with E-state index in [4.69, 9.17) is 4.74 Å². The van der Waals surface area contributed by atoms with Gasteiger partial charge in [-0.15, -0.1) is 0 Å². The molecule has 0 spiro atoms. The van der Waals surface area contributed by atoms with Gasteiger partial charge in [0.05, 0.1) is 0 Å². The van der Waals surface area contributed by atoms with Crippen molar-refractivity contribution in [2.24, 2.45) is 7.05 Å². The number of fused-ring (bicyclic) bond motifs is 1. The second-order valence-corrected chi connectivity index (χ2v) is 6.57. The summed E-state index contributed by atoms with van der Waals surface area (Å²) in [6.07, 6.45) is 0. The first-order valence-corrected chi connectivity index (χ1v) is 8.83. The molecule has 1 aliphatic heterocycles. The third kappa shape index (κ3) is 3.15. The number of aromatic nitrogens is 2. The number of benzene rings is 1. The number of amides is 1. The fourth-order valence-electron chi connectivity index (χ4n) is 3.32.